The molecule has 1 aromatic rings. The van der Waals surface area contributed by atoms with E-state index >= 15 is 0 Å². The highest BCUT2D eigenvalue weighted by Gasteiger charge is 2.23. The first-order chi connectivity index (χ1) is 6.36. The van der Waals surface area contributed by atoms with Gasteiger partial charge in [0, 0.05) is 10.1 Å². The predicted molar refractivity (Wildman–Crippen MR) is 59.1 cm³/mol. The van der Waals surface area contributed by atoms with Crippen molar-refractivity contribution in [2.75, 3.05) is 0 Å². The summed E-state index contributed by atoms with van der Waals surface area (Å²) in [6, 6.07) is 10.8. The Morgan fingerprint density at radius 2 is 1.92 bits per heavy atom. The zero-order valence-corrected chi connectivity index (χ0v) is 8.89. The van der Waals surface area contributed by atoms with Gasteiger partial charge in [-0.1, -0.05) is 31.5 Å². The molecule has 0 saturated heterocycles. The van der Waals surface area contributed by atoms with Crippen LogP contribution in [0.2, 0.25) is 0 Å². The summed E-state index contributed by atoms with van der Waals surface area (Å²) in [6.45, 7) is 2.38. The van der Waals surface area contributed by atoms with Crippen LogP contribution in [0.5, 0.6) is 0 Å². The summed E-state index contributed by atoms with van der Waals surface area (Å²) in [5.41, 5.74) is 0. The molecule has 1 aliphatic carbocycles. The first-order valence-corrected chi connectivity index (χ1v) is 5.96. The zero-order chi connectivity index (χ0) is 9.10. The molecule has 2 atom stereocenters. The lowest BCUT2D eigenvalue weighted by atomic mass is 10.1. The monoisotopic (exact) mass is 192 g/mol. The van der Waals surface area contributed by atoms with Crippen LogP contribution < -0.4 is 0 Å². The highest BCUT2D eigenvalue weighted by molar-refractivity contribution is 8.00. The molecule has 1 aromatic carbocycles. The first-order valence-electron chi connectivity index (χ1n) is 5.08. The first kappa shape index (κ1) is 9.14. The van der Waals surface area contributed by atoms with Crippen LogP contribution in [0.15, 0.2) is 35.2 Å². The Morgan fingerprint density at radius 3 is 2.54 bits per heavy atom. The van der Waals surface area contributed by atoms with E-state index in [1.54, 1.807) is 0 Å². The molecule has 0 aromatic heterocycles. The molecule has 0 N–H and O–H groups in total. The highest BCUT2D eigenvalue weighted by atomic mass is 32.2. The Morgan fingerprint density at radius 1 is 1.15 bits per heavy atom. The van der Waals surface area contributed by atoms with Crippen molar-refractivity contribution in [2.45, 2.75) is 36.3 Å². The second kappa shape index (κ2) is 4.19. The number of thioether (sulfide) groups is 1. The summed E-state index contributed by atoms with van der Waals surface area (Å²) in [6.07, 6.45) is 4.25. The molecule has 1 fully saturated rings. The number of hydrogen-bond donors (Lipinski definition) is 0. The molecule has 0 heterocycles. The highest BCUT2D eigenvalue weighted by Crippen LogP contribution is 2.38. The van der Waals surface area contributed by atoms with Gasteiger partial charge in [-0.3, -0.25) is 0 Å². The Hall–Kier alpha value is -0.430. The molecule has 13 heavy (non-hydrogen) atoms. The number of benzene rings is 1. The van der Waals surface area contributed by atoms with Gasteiger partial charge in [-0.2, -0.15) is 0 Å². The molecule has 0 aliphatic heterocycles. The third-order valence-electron chi connectivity index (χ3n) is 2.81. The Bertz CT molecular complexity index is 255. The van der Waals surface area contributed by atoms with E-state index in [1.807, 2.05) is 0 Å². The smallest absolute Gasteiger partial charge is 0.0120 e. The average molecular weight is 192 g/mol. The Balaban J connectivity index is 1.98. The third-order valence-corrected chi connectivity index (χ3v) is 4.36. The van der Waals surface area contributed by atoms with Gasteiger partial charge in [0.2, 0.25) is 0 Å². The van der Waals surface area contributed by atoms with Crippen molar-refractivity contribution in [3.8, 4) is 0 Å². The van der Waals surface area contributed by atoms with Gasteiger partial charge in [0.25, 0.3) is 0 Å². The Labute approximate surface area is 84.7 Å². The number of hydrogen-bond acceptors (Lipinski definition) is 1. The maximum atomic E-state index is 2.38. The minimum atomic E-state index is 0.863. The van der Waals surface area contributed by atoms with Gasteiger partial charge < -0.3 is 0 Å². The molecule has 0 spiro atoms. The molecule has 1 heteroatoms. The summed E-state index contributed by atoms with van der Waals surface area (Å²) >= 11 is 2.06. The topological polar surface area (TPSA) is 0 Å². The van der Waals surface area contributed by atoms with Crippen molar-refractivity contribution in [1.29, 1.82) is 0 Å². The van der Waals surface area contributed by atoms with Crippen molar-refractivity contribution in [1.82, 2.24) is 0 Å². The van der Waals surface area contributed by atoms with Crippen LogP contribution in [0.3, 0.4) is 0 Å². The van der Waals surface area contributed by atoms with Crippen molar-refractivity contribution in [3.63, 3.8) is 0 Å². The molecular formula is C12H16S. The lowest BCUT2D eigenvalue weighted by Crippen LogP contribution is -2.04. The SMILES string of the molecule is C[C@H]1CCC[C@@H]1Sc1ccccc1. The van der Waals surface area contributed by atoms with Crippen LogP contribution in [0.4, 0.5) is 0 Å². The standard InChI is InChI=1S/C12H16S/c1-10-6-5-9-12(10)13-11-7-3-2-4-8-11/h2-4,7-8,10,12H,5-6,9H2,1H3/t10-,12-/m0/s1. The van der Waals surface area contributed by atoms with E-state index < -0.39 is 0 Å². The third kappa shape index (κ3) is 2.28. The summed E-state index contributed by atoms with van der Waals surface area (Å²) in [5, 5.41) is 0.863. The molecule has 0 unspecified atom stereocenters. The summed E-state index contributed by atoms with van der Waals surface area (Å²) < 4.78 is 0. The minimum absolute atomic E-state index is 0.863. The van der Waals surface area contributed by atoms with Gasteiger partial charge in [0.15, 0.2) is 0 Å². The summed E-state index contributed by atoms with van der Waals surface area (Å²) in [7, 11) is 0. The second-order valence-electron chi connectivity index (χ2n) is 3.88. The molecule has 0 amide bonds. The van der Waals surface area contributed by atoms with Crippen LogP contribution in [-0.2, 0) is 0 Å². The van der Waals surface area contributed by atoms with E-state index in [0.29, 0.717) is 0 Å². The molecule has 1 saturated carbocycles. The fourth-order valence-electron chi connectivity index (χ4n) is 1.96. The van der Waals surface area contributed by atoms with E-state index in [1.165, 1.54) is 24.2 Å². The van der Waals surface area contributed by atoms with Crippen molar-refractivity contribution >= 4 is 11.8 Å². The van der Waals surface area contributed by atoms with E-state index in [0.717, 1.165) is 11.2 Å². The van der Waals surface area contributed by atoms with Crippen molar-refractivity contribution < 1.29 is 0 Å². The molecule has 70 valence electrons. The minimum Gasteiger partial charge on any atom is -0.122 e. The van der Waals surface area contributed by atoms with Gasteiger partial charge in [0.05, 0.1) is 0 Å². The molecule has 0 nitrogen and oxygen atoms in total. The van der Waals surface area contributed by atoms with Gasteiger partial charge in [-0.05, 0) is 30.9 Å². The lowest BCUT2D eigenvalue weighted by Gasteiger charge is -2.14. The maximum Gasteiger partial charge on any atom is 0.0120 e. The van der Waals surface area contributed by atoms with Crippen molar-refractivity contribution in [3.05, 3.63) is 30.3 Å². The van der Waals surface area contributed by atoms with E-state index in [2.05, 4.69) is 49.0 Å². The van der Waals surface area contributed by atoms with E-state index in [-0.39, 0.29) is 0 Å². The molecule has 1 aliphatic rings. The fourth-order valence-corrected chi connectivity index (χ4v) is 3.28. The second-order valence-corrected chi connectivity index (χ2v) is 5.19. The van der Waals surface area contributed by atoms with Crippen molar-refractivity contribution in [2.24, 2.45) is 5.92 Å². The van der Waals surface area contributed by atoms with Crippen LogP contribution in [0, 0.1) is 5.92 Å². The molecule has 0 bridgehead atoms. The van der Waals surface area contributed by atoms with Crippen LogP contribution in [-0.4, -0.2) is 5.25 Å². The molecule has 0 radical (unpaired) electrons. The molecular weight excluding hydrogens is 176 g/mol. The van der Waals surface area contributed by atoms with Gasteiger partial charge >= 0.3 is 0 Å². The molecule has 2 rings (SSSR count). The lowest BCUT2D eigenvalue weighted by molar-refractivity contribution is 0.624. The zero-order valence-electron chi connectivity index (χ0n) is 8.07. The summed E-state index contributed by atoms with van der Waals surface area (Å²) in [4.78, 5) is 1.43. The van der Waals surface area contributed by atoms with Gasteiger partial charge in [-0.25, -0.2) is 0 Å². The van der Waals surface area contributed by atoms with Gasteiger partial charge in [-0.15, -0.1) is 11.8 Å². The van der Waals surface area contributed by atoms with Crippen LogP contribution >= 0.6 is 11.8 Å². The maximum absolute atomic E-state index is 2.38. The van der Waals surface area contributed by atoms with E-state index in [9.17, 15) is 0 Å². The Kier molecular flexibility index (Phi) is 2.94. The fraction of sp³-hybridized carbons (Fsp3) is 0.500. The van der Waals surface area contributed by atoms with E-state index in [4.69, 9.17) is 0 Å². The normalized spacial score (nSPS) is 27.8. The van der Waals surface area contributed by atoms with Crippen LogP contribution in [0.1, 0.15) is 26.2 Å². The summed E-state index contributed by atoms with van der Waals surface area (Å²) in [5.74, 6) is 0.908. The number of rotatable bonds is 2. The van der Waals surface area contributed by atoms with Crippen LogP contribution in [0.25, 0.3) is 0 Å². The largest absolute Gasteiger partial charge is 0.122 e. The van der Waals surface area contributed by atoms with Gasteiger partial charge in [0.1, 0.15) is 0 Å². The quantitative estimate of drug-likeness (QED) is 0.683. The predicted octanol–water partition coefficient (Wildman–Crippen LogP) is 3.97. The average Bonchev–Trinajstić information content (AvgIpc) is 2.54.